The van der Waals surface area contributed by atoms with E-state index in [4.69, 9.17) is 11.5 Å². The maximum atomic E-state index is 13.0. The molecule has 0 radical (unpaired) electrons. The van der Waals surface area contributed by atoms with Crippen LogP contribution in [0.15, 0.2) is 70.5 Å². The summed E-state index contributed by atoms with van der Waals surface area (Å²) in [5.41, 5.74) is 11.9. The van der Waals surface area contributed by atoms with Crippen LogP contribution < -0.4 is 11.5 Å². The molecular formula is C20H14N2O4S. The average Bonchev–Trinajstić information content (AvgIpc) is 2.68. The smallest absolute Gasteiger partial charge is 0.208 e. The molecule has 1 aliphatic rings. The molecule has 0 amide bonds. The van der Waals surface area contributed by atoms with Crippen molar-refractivity contribution >= 4 is 32.8 Å². The molecule has 0 unspecified atom stereocenters. The van der Waals surface area contributed by atoms with Crippen LogP contribution in [0.3, 0.4) is 0 Å². The molecule has 0 heterocycles. The number of carbonyl (C=O) groups is 2. The highest BCUT2D eigenvalue weighted by Crippen LogP contribution is 2.39. The van der Waals surface area contributed by atoms with E-state index in [0.29, 0.717) is 0 Å². The first kappa shape index (κ1) is 17.0. The lowest BCUT2D eigenvalue weighted by Gasteiger charge is -2.22. The first-order valence-electron chi connectivity index (χ1n) is 8.04. The van der Waals surface area contributed by atoms with Gasteiger partial charge >= 0.3 is 0 Å². The molecule has 3 aromatic rings. The normalized spacial score (nSPS) is 13.2. The fourth-order valence-corrected chi connectivity index (χ4v) is 4.71. The van der Waals surface area contributed by atoms with E-state index in [1.165, 1.54) is 24.3 Å². The fraction of sp³-hybridized carbons (Fsp3) is 0. The second kappa shape index (κ2) is 5.78. The van der Waals surface area contributed by atoms with Crippen molar-refractivity contribution in [2.45, 2.75) is 9.79 Å². The van der Waals surface area contributed by atoms with Crippen molar-refractivity contribution in [3.05, 3.63) is 82.9 Å². The largest absolute Gasteiger partial charge is 0.398 e. The van der Waals surface area contributed by atoms with E-state index in [0.717, 1.165) is 6.07 Å². The molecule has 0 bridgehead atoms. The van der Waals surface area contributed by atoms with Crippen molar-refractivity contribution in [1.29, 1.82) is 0 Å². The van der Waals surface area contributed by atoms with Crippen LogP contribution in [-0.4, -0.2) is 20.0 Å². The van der Waals surface area contributed by atoms with Crippen molar-refractivity contribution in [3.63, 3.8) is 0 Å². The Morgan fingerprint density at radius 2 is 1.22 bits per heavy atom. The third-order valence-electron chi connectivity index (χ3n) is 4.57. The van der Waals surface area contributed by atoms with Crippen molar-refractivity contribution < 1.29 is 18.0 Å². The SMILES string of the molecule is Nc1cc(S(=O)(=O)c2ccccc2)c(N)c2c1C(=O)c1ccccc1C2=O. The van der Waals surface area contributed by atoms with Crippen LogP contribution in [-0.2, 0) is 9.84 Å². The lowest BCUT2D eigenvalue weighted by Crippen LogP contribution is -2.25. The fourth-order valence-electron chi connectivity index (χ4n) is 3.27. The summed E-state index contributed by atoms with van der Waals surface area (Å²) in [7, 11) is -4.01. The molecule has 0 aromatic heterocycles. The predicted molar refractivity (Wildman–Crippen MR) is 100 cm³/mol. The van der Waals surface area contributed by atoms with Gasteiger partial charge in [0.15, 0.2) is 11.6 Å². The van der Waals surface area contributed by atoms with Crippen LogP contribution in [0.5, 0.6) is 0 Å². The molecule has 0 saturated heterocycles. The number of fused-ring (bicyclic) bond motifs is 2. The number of benzene rings is 3. The van der Waals surface area contributed by atoms with Crippen molar-refractivity contribution in [2.24, 2.45) is 0 Å². The van der Waals surface area contributed by atoms with E-state index in [1.54, 1.807) is 30.3 Å². The van der Waals surface area contributed by atoms with Gasteiger partial charge in [-0.3, -0.25) is 9.59 Å². The topological polar surface area (TPSA) is 120 Å². The molecule has 0 spiro atoms. The number of sulfone groups is 1. The Kier molecular flexibility index (Phi) is 3.64. The van der Waals surface area contributed by atoms with Crippen LogP contribution in [0.1, 0.15) is 31.8 Å². The van der Waals surface area contributed by atoms with E-state index in [2.05, 4.69) is 0 Å². The number of anilines is 2. The maximum absolute atomic E-state index is 13.0. The van der Waals surface area contributed by atoms with Crippen LogP contribution in [0.2, 0.25) is 0 Å². The van der Waals surface area contributed by atoms with E-state index in [-0.39, 0.29) is 43.4 Å². The maximum Gasteiger partial charge on any atom is 0.208 e. The van der Waals surface area contributed by atoms with Crippen molar-refractivity contribution in [1.82, 2.24) is 0 Å². The summed E-state index contributed by atoms with van der Waals surface area (Å²) in [4.78, 5) is 25.5. The number of ketones is 2. The zero-order chi connectivity index (χ0) is 19.3. The zero-order valence-corrected chi connectivity index (χ0v) is 14.8. The van der Waals surface area contributed by atoms with Gasteiger partial charge in [-0.15, -0.1) is 0 Å². The number of hydrogen-bond acceptors (Lipinski definition) is 6. The van der Waals surface area contributed by atoms with Crippen LogP contribution in [0.4, 0.5) is 11.4 Å². The number of rotatable bonds is 2. The number of nitrogen functional groups attached to an aromatic ring is 2. The van der Waals surface area contributed by atoms with Gasteiger partial charge in [0.1, 0.15) is 0 Å². The summed E-state index contributed by atoms with van der Waals surface area (Å²) < 4.78 is 26.0. The van der Waals surface area contributed by atoms with Gasteiger partial charge in [0, 0.05) is 16.8 Å². The summed E-state index contributed by atoms with van der Waals surface area (Å²) >= 11 is 0. The van der Waals surface area contributed by atoms with E-state index in [9.17, 15) is 18.0 Å². The predicted octanol–water partition coefficient (Wildman–Crippen LogP) is 2.46. The summed E-state index contributed by atoms with van der Waals surface area (Å²) in [6.45, 7) is 0. The first-order valence-corrected chi connectivity index (χ1v) is 9.53. The third-order valence-corrected chi connectivity index (χ3v) is 6.38. The van der Waals surface area contributed by atoms with Crippen molar-refractivity contribution in [3.8, 4) is 0 Å². The third kappa shape index (κ3) is 2.36. The summed E-state index contributed by atoms with van der Waals surface area (Å²) in [5.74, 6) is -0.970. The van der Waals surface area contributed by atoms with Gasteiger partial charge in [0.2, 0.25) is 9.84 Å². The van der Waals surface area contributed by atoms with Gasteiger partial charge in [-0.25, -0.2) is 8.42 Å². The molecule has 134 valence electrons. The molecule has 6 nitrogen and oxygen atoms in total. The van der Waals surface area contributed by atoms with Crippen LogP contribution >= 0.6 is 0 Å². The van der Waals surface area contributed by atoms with E-state index in [1.807, 2.05) is 0 Å². The Morgan fingerprint density at radius 3 is 1.81 bits per heavy atom. The lowest BCUT2D eigenvalue weighted by molar-refractivity contribution is 0.0980. The highest BCUT2D eigenvalue weighted by molar-refractivity contribution is 7.91. The molecular weight excluding hydrogens is 364 g/mol. The number of hydrogen-bond donors (Lipinski definition) is 2. The lowest BCUT2D eigenvalue weighted by atomic mass is 9.82. The molecule has 4 rings (SSSR count). The van der Waals surface area contributed by atoms with E-state index < -0.39 is 21.4 Å². The monoisotopic (exact) mass is 378 g/mol. The van der Waals surface area contributed by atoms with Gasteiger partial charge in [0.05, 0.1) is 26.6 Å². The minimum absolute atomic E-state index is 0.0195. The first-order chi connectivity index (χ1) is 12.8. The summed E-state index contributed by atoms with van der Waals surface area (Å²) in [6.07, 6.45) is 0. The van der Waals surface area contributed by atoms with Gasteiger partial charge in [0.25, 0.3) is 0 Å². The Labute approximate surface area is 155 Å². The van der Waals surface area contributed by atoms with Gasteiger partial charge in [-0.2, -0.15) is 0 Å². The minimum atomic E-state index is -4.01. The molecule has 0 atom stereocenters. The highest BCUT2D eigenvalue weighted by atomic mass is 32.2. The van der Waals surface area contributed by atoms with Gasteiger partial charge in [-0.05, 0) is 18.2 Å². The Bertz CT molecular complexity index is 1230. The quantitative estimate of drug-likeness (QED) is 0.517. The summed E-state index contributed by atoms with van der Waals surface area (Å²) in [5, 5.41) is 0. The average molecular weight is 378 g/mol. The standard InChI is InChI=1S/C20H14N2O4S/c21-14-10-15(27(25,26)11-6-2-1-3-7-11)18(22)17-16(14)19(23)12-8-4-5-9-13(12)20(17)24/h1-10H,21-22H2. The number of nitrogens with two attached hydrogens (primary N) is 2. The molecule has 7 heteroatoms. The Hall–Kier alpha value is -3.45. The molecule has 0 saturated carbocycles. The minimum Gasteiger partial charge on any atom is -0.398 e. The molecule has 1 aliphatic carbocycles. The second-order valence-corrected chi connectivity index (χ2v) is 8.07. The number of carbonyl (C=O) groups excluding carboxylic acids is 2. The molecule has 0 fully saturated rings. The van der Waals surface area contributed by atoms with Crippen LogP contribution in [0.25, 0.3) is 0 Å². The Morgan fingerprint density at radius 1 is 0.704 bits per heavy atom. The molecule has 3 aromatic carbocycles. The van der Waals surface area contributed by atoms with Gasteiger partial charge < -0.3 is 11.5 Å². The zero-order valence-electron chi connectivity index (χ0n) is 14.0. The molecule has 0 aliphatic heterocycles. The van der Waals surface area contributed by atoms with Gasteiger partial charge in [-0.1, -0.05) is 42.5 Å². The Balaban J connectivity index is 2.02. The van der Waals surface area contributed by atoms with Crippen LogP contribution in [0, 0.1) is 0 Å². The second-order valence-electron chi connectivity index (χ2n) is 6.15. The van der Waals surface area contributed by atoms with E-state index >= 15 is 0 Å². The summed E-state index contributed by atoms with van der Waals surface area (Å²) in [6, 6.07) is 15.1. The molecule has 27 heavy (non-hydrogen) atoms. The highest BCUT2D eigenvalue weighted by Gasteiger charge is 2.36. The van der Waals surface area contributed by atoms with Crippen molar-refractivity contribution in [2.75, 3.05) is 11.5 Å². The molecule has 4 N–H and O–H groups in total.